The van der Waals surface area contributed by atoms with Crippen LogP contribution in [0.3, 0.4) is 0 Å². The van der Waals surface area contributed by atoms with E-state index in [2.05, 4.69) is 0 Å². The third-order valence-electron chi connectivity index (χ3n) is 8.51. The third kappa shape index (κ3) is 10.5. The molecular formula is C40H47ClO7. The summed E-state index contributed by atoms with van der Waals surface area (Å²) in [6, 6.07) is 31.7. The van der Waals surface area contributed by atoms with Crippen molar-refractivity contribution in [3.8, 4) is 11.5 Å². The third-order valence-corrected chi connectivity index (χ3v) is 8.86. The van der Waals surface area contributed by atoms with Gasteiger partial charge in [0.1, 0.15) is 23.7 Å². The fraction of sp³-hybridized carbons (Fsp3) is 0.400. The van der Waals surface area contributed by atoms with Crippen molar-refractivity contribution in [3.05, 3.63) is 130 Å². The molecule has 0 aliphatic carbocycles. The van der Waals surface area contributed by atoms with Gasteiger partial charge in [0.2, 0.25) is 0 Å². The fourth-order valence-corrected chi connectivity index (χ4v) is 6.21. The Hall–Kier alpha value is -3.43. The van der Waals surface area contributed by atoms with Crippen LogP contribution in [0.2, 0.25) is 5.02 Å². The highest BCUT2D eigenvalue weighted by Crippen LogP contribution is 2.41. The van der Waals surface area contributed by atoms with Gasteiger partial charge in [0, 0.05) is 30.2 Å². The predicted octanol–water partition coefficient (Wildman–Crippen LogP) is 8.22. The lowest BCUT2D eigenvalue weighted by Crippen LogP contribution is -2.50. The maximum absolute atomic E-state index is 11.2. The smallest absolute Gasteiger partial charge is 0.122 e. The molecule has 1 heterocycles. The molecule has 4 aromatic carbocycles. The highest BCUT2D eigenvalue weighted by Gasteiger charge is 2.42. The molecule has 256 valence electrons. The van der Waals surface area contributed by atoms with E-state index in [0.29, 0.717) is 56.5 Å². The molecule has 1 aliphatic rings. The van der Waals surface area contributed by atoms with Gasteiger partial charge < -0.3 is 33.9 Å². The van der Waals surface area contributed by atoms with Gasteiger partial charge >= 0.3 is 0 Å². The van der Waals surface area contributed by atoms with Crippen molar-refractivity contribution >= 4 is 11.6 Å². The van der Waals surface area contributed by atoms with Crippen molar-refractivity contribution < 1.29 is 33.9 Å². The van der Waals surface area contributed by atoms with Gasteiger partial charge in [-0.2, -0.15) is 0 Å². The van der Waals surface area contributed by atoms with Crippen LogP contribution < -0.4 is 4.74 Å². The van der Waals surface area contributed by atoms with Crippen LogP contribution in [0.25, 0.3) is 0 Å². The molecule has 4 atom stereocenters. The van der Waals surface area contributed by atoms with Gasteiger partial charge in [0.05, 0.1) is 38.6 Å². The average Bonchev–Trinajstić information content (AvgIpc) is 3.11. The summed E-state index contributed by atoms with van der Waals surface area (Å²) in [6.45, 7) is 4.40. The SMILES string of the molecule is CCOc1ccc(Cc2cc(C3CC(OCc4ccccc4)[C@H](OCc4ccccc4)C(COCCCCCO)O3)c(O)cc2Cl)cc1. The van der Waals surface area contributed by atoms with Crippen molar-refractivity contribution in [1.82, 2.24) is 0 Å². The molecule has 5 rings (SSSR count). The van der Waals surface area contributed by atoms with E-state index in [1.165, 1.54) is 0 Å². The Bertz CT molecular complexity index is 1500. The quantitative estimate of drug-likeness (QED) is 0.103. The lowest BCUT2D eigenvalue weighted by molar-refractivity contribution is -0.221. The molecule has 3 unspecified atom stereocenters. The summed E-state index contributed by atoms with van der Waals surface area (Å²) < 4.78 is 31.7. The topological polar surface area (TPSA) is 86.6 Å². The number of phenolic OH excluding ortho intramolecular Hbond substituents is 1. The zero-order valence-electron chi connectivity index (χ0n) is 27.6. The summed E-state index contributed by atoms with van der Waals surface area (Å²) in [4.78, 5) is 0. The zero-order chi connectivity index (χ0) is 33.6. The first kappa shape index (κ1) is 35.9. The number of aromatic hydroxyl groups is 1. The van der Waals surface area contributed by atoms with Gasteiger partial charge in [-0.15, -0.1) is 0 Å². The highest BCUT2D eigenvalue weighted by atomic mass is 35.5. The van der Waals surface area contributed by atoms with E-state index in [4.69, 9.17) is 40.4 Å². The van der Waals surface area contributed by atoms with Gasteiger partial charge in [-0.05, 0) is 79.1 Å². The second-order valence-corrected chi connectivity index (χ2v) is 12.5. The van der Waals surface area contributed by atoms with Crippen LogP contribution in [-0.2, 0) is 38.6 Å². The lowest BCUT2D eigenvalue weighted by atomic mass is 9.91. The molecule has 0 aromatic heterocycles. The number of aliphatic hydroxyl groups is 1. The molecule has 2 N–H and O–H groups in total. The molecule has 0 radical (unpaired) electrons. The van der Waals surface area contributed by atoms with E-state index in [0.717, 1.165) is 47.3 Å². The number of hydrogen-bond donors (Lipinski definition) is 2. The number of halogens is 1. The molecule has 1 aliphatic heterocycles. The van der Waals surface area contributed by atoms with E-state index < -0.39 is 18.3 Å². The lowest BCUT2D eigenvalue weighted by Gasteiger charge is -2.42. The predicted molar refractivity (Wildman–Crippen MR) is 188 cm³/mol. The monoisotopic (exact) mass is 674 g/mol. The van der Waals surface area contributed by atoms with Gasteiger partial charge in [0.15, 0.2) is 0 Å². The maximum atomic E-state index is 11.2. The molecule has 1 fully saturated rings. The first-order valence-corrected chi connectivity index (χ1v) is 17.3. The molecule has 7 nitrogen and oxygen atoms in total. The van der Waals surface area contributed by atoms with Gasteiger partial charge in [-0.1, -0.05) is 84.4 Å². The summed E-state index contributed by atoms with van der Waals surface area (Å²) >= 11 is 6.68. The standard InChI is InChI=1S/C40H47ClO7/c1-2-45-33-18-16-29(17-19-33)22-32-23-34(36(43)24-35(32)41)37-25-38(46-26-30-12-6-3-7-13-30)40(47-27-31-14-8-4-9-15-31)39(48-37)28-44-21-11-5-10-20-42/h3-4,6-9,12-19,23-24,37-40,42-43H,2,5,10-11,20-22,25-28H2,1H3/t37?,38?,39?,40-/m0/s1. The minimum absolute atomic E-state index is 0.0783. The first-order chi connectivity index (χ1) is 23.5. The number of rotatable bonds is 18. The van der Waals surface area contributed by atoms with Crippen LogP contribution >= 0.6 is 11.6 Å². The highest BCUT2D eigenvalue weighted by molar-refractivity contribution is 6.31. The van der Waals surface area contributed by atoms with Crippen molar-refractivity contribution in [2.75, 3.05) is 26.4 Å². The van der Waals surface area contributed by atoms with Crippen LogP contribution in [-0.4, -0.2) is 55.0 Å². The summed E-state index contributed by atoms with van der Waals surface area (Å²) in [6.07, 6.45) is 1.82. The Balaban J connectivity index is 1.40. The average molecular weight is 675 g/mol. The maximum Gasteiger partial charge on any atom is 0.122 e. The van der Waals surface area contributed by atoms with Crippen molar-refractivity contribution in [1.29, 1.82) is 0 Å². The first-order valence-electron chi connectivity index (χ1n) is 16.9. The fourth-order valence-electron chi connectivity index (χ4n) is 5.99. The number of hydrogen-bond acceptors (Lipinski definition) is 7. The number of ether oxygens (including phenoxy) is 5. The van der Waals surface area contributed by atoms with E-state index in [1.807, 2.05) is 97.9 Å². The minimum atomic E-state index is -0.485. The van der Waals surface area contributed by atoms with E-state index in [-0.39, 0.29) is 18.5 Å². The van der Waals surface area contributed by atoms with Crippen molar-refractivity contribution in [2.45, 2.75) is 76.7 Å². The second-order valence-electron chi connectivity index (χ2n) is 12.1. The summed E-state index contributed by atoms with van der Waals surface area (Å²) in [7, 11) is 0. The zero-order valence-corrected chi connectivity index (χ0v) is 28.4. The summed E-state index contributed by atoms with van der Waals surface area (Å²) in [5, 5.41) is 20.9. The summed E-state index contributed by atoms with van der Waals surface area (Å²) in [5.74, 6) is 0.899. The van der Waals surface area contributed by atoms with Gasteiger partial charge in [-0.3, -0.25) is 0 Å². The Morgan fingerprint density at radius 3 is 2.17 bits per heavy atom. The number of unbranched alkanes of at least 4 members (excludes halogenated alkanes) is 2. The van der Waals surface area contributed by atoms with E-state index in [1.54, 1.807) is 6.07 Å². The van der Waals surface area contributed by atoms with Gasteiger partial charge in [-0.25, -0.2) is 0 Å². The second kappa shape index (κ2) is 18.9. The molecule has 0 saturated carbocycles. The number of aliphatic hydroxyl groups excluding tert-OH is 1. The number of phenols is 1. The van der Waals surface area contributed by atoms with Crippen LogP contribution in [0, 0.1) is 0 Å². The van der Waals surface area contributed by atoms with Crippen LogP contribution in [0.4, 0.5) is 0 Å². The van der Waals surface area contributed by atoms with E-state index in [9.17, 15) is 5.11 Å². The summed E-state index contributed by atoms with van der Waals surface area (Å²) in [5.41, 5.74) is 4.74. The molecule has 48 heavy (non-hydrogen) atoms. The van der Waals surface area contributed by atoms with Crippen molar-refractivity contribution in [3.63, 3.8) is 0 Å². The molecule has 0 spiro atoms. The molecule has 1 saturated heterocycles. The molecule has 0 bridgehead atoms. The Morgan fingerprint density at radius 1 is 0.812 bits per heavy atom. The Labute approximate surface area is 289 Å². The van der Waals surface area contributed by atoms with Gasteiger partial charge in [0.25, 0.3) is 0 Å². The van der Waals surface area contributed by atoms with Crippen LogP contribution in [0.5, 0.6) is 11.5 Å². The largest absolute Gasteiger partial charge is 0.508 e. The van der Waals surface area contributed by atoms with E-state index >= 15 is 0 Å². The normalized spacial score (nSPS) is 19.3. The molecular weight excluding hydrogens is 628 g/mol. The minimum Gasteiger partial charge on any atom is -0.508 e. The van der Waals surface area contributed by atoms with Crippen LogP contribution in [0.15, 0.2) is 97.1 Å². The van der Waals surface area contributed by atoms with Crippen LogP contribution in [0.1, 0.15) is 66.5 Å². The molecule has 4 aromatic rings. The number of benzene rings is 4. The molecule has 0 amide bonds. The Morgan fingerprint density at radius 2 is 1.50 bits per heavy atom. The molecule has 8 heteroatoms. The Kier molecular flexibility index (Phi) is 14.2. The van der Waals surface area contributed by atoms with Crippen molar-refractivity contribution in [2.24, 2.45) is 0 Å².